The van der Waals surface area contributed by atoms with Crippen LogP contribution in [0, 0.1) is 9.39 Å². The molecule has 0 bridgehead atoms. The van der Waals surface area contributed by atoms with Crippen LogP contribution in [0.1, 0.15) is 0 Å². The minimum atomic E-state index is -0.163. The molecule has 0 unspecified atom stereocenters. The van der Waals surface area contributed by atoms with Gasteiger partial charge in [-0.15, -0.1) is 11.8 Å². The maximum atomic E-state index is 13.2. The van der Waals surface area contributed by atoms with Gasteiger partial charge in [0.15, 0.2) is 0 Å². The lowest BCUT2D eigenvalue weighted by molar-refractivity contribution is 0.411. The summed E-state index contributed by atoms with van der Waals surface area (Å²) in [5.74, 6) is 0.536. The van der Waals surface area contributed by atoms with E-state index in [-0.39, 0.29) is 5.82 Å². The summed E-state index contributed by atoms with van der Waals surface area (Å²) < 4.78 is 18.8. The Hall–Kier alpha value is 0.0300. The van der Waals surface area contributed by atoms with Crippen LogP contribution in [0.15, 0.2) is 17.0 Å². The zero-order chi connectivity index (χ0) is 9.14. The minimum Gasteiger partial charge on any atom is -0.497 e. The number of methoxy groups -OCH3 is 1. The molecule has 0 saturated carbocycles. The van der Waals surface area contributed by atoms with E-state index in [1.54, 1.807) is 19.2 Å². The van der Waals surface area contributed by atoms with Gasteiger partial charge in [0.2, 0.25) is 0 Å². The van der Waals surface area contributed by atoms with Gasteiger partial charge in [-0.2, -0.15) is 0 Å². The van der Waals surface area contributed by atoms with E-state index in [4.69, 9.17) is 4.74 Å². The van der Waals surface area contributed by atoms with Gasteiger partial charge in [-0.3, -0.25) is 0 Å². The Bertz CT molecular complexity index is 291. The largest absolute Gasteiger partial charge is 0.497 e. The third-order valence-electron chi connectivity index (χ3n) is 1.42. The van der Waals surface area contributed by atoms with Gasteiger partial charge in [-0.05, 0) is 41.0 Å². The summed E-state index contributed by atoms with van der Waals surface area (Å²) in [4.78, 5) is 0.624. The van der Waals surface area contributed by atoms with E-state index < -0.39 is 0 Å². The van der Waals surface area contributed by atoms with E-state index in [0.29, 0.717) is 14.2 Å². The quantitative estimate of drug-likeness (QED) is 0.613. The molecule has 0 saturated heterocycles. The molecule has 1 aromatic carbocycles. The average Bonchev–Trinajstić information content (AvgIpc) is 2.09. The maximum absolute atomic E-state index is 13.2. The van der Waals surface area contributed by atoms with Crippen LogP contribution in [-0.4, -0.2) is 13.4 Å². The number of benzene rings is 1. The first kappa shape index (κ1) is 10.1. The molecule has 0 N–H and O–H groups in total. The highest BCUT2D eigenvalue weighted by Gasteiger charge is 2.07. The molecule has 1 rings (SSSR count). The molecular weight excluding hydrogens is 290 g/mol. The van der Waals surface area contributed by atoms with Gasteiger partial charge in [-0.25, -0.2) is 4.39 Å². The van der Waals surface area contributed by atoms with Crippen molar-refractivity contribution in [3.05, 3.63) is 21.5 Å². The third-order valence-corrected chi connectivity index (χ3v) is 2.95. The highest BCUT2D eigenvalue weighted by atomic mass is 127. The Labute approximate surface area is 88.8 Å². The van der Waals surface area contributed by atoms with E-state index in [2.05, 4.69) is 0 Å². The summed E-state index contributed by atoms with van der Waals surface area (Å²) in [5.41, 5.74) is 0. The van der Waals surface area contributed by atoms with Gasteiger partial charge < -0.3 is 4.74 Å². The Morgan fingerprint density at radius 2 is 2.17 bits per heavy atom. The van der Waals surface area contributed by atoms with Gasteiger partial charge in [-0.1, -0.05) is 0 Å². The molecule has 0 aliphatic rings. The summed E-state index contributed by atoms with van der Waals surface area (Å²) >= 11 is 3.33. The van der Waals surface area contributed by atoms with Crippen LogP contribution in [0.25, 0.3) is 0 Å². The number of hydrogen-bond acceptors (Lipinski definition) is 2. The molecule has 0 spiro atoms. The fraction of sp³-hybridized carbons (Fsp3) is 0.250. The Kier molecular flexibility index (Phi) is 3.64. The van der Waals surface area contributed by atoms with Crippen molar-refractivity contribution in [3.8, 4) is 5.75 Å². The first-order valence-electron chi connectivity index (χ1n) is 3.26. The van der Waals surface area contributed by atoms with E-state index in [9.17, 15) is 4.39 Å². The average molecular weight is 298 g/mol. The van der Waals surface area contributed by atoms with Crippen LogP contribution >= 0.6 is 34.4 Å². The van der Waals surface area contributed by atoms with Gasteiger partial charge in [0, 0.05) is 4.90 Å². The third kappa shape index (κ3) is 2.04. The first-order chi connectivity index (χ1) is 5.69. The smallest absolute Gasteiger partial charge is 0.150 e. The zero-order valence-corrected chi connectivity index (χ0v) is 9.70. The van der Waals surface area contributed by atoms with Crippen molar-refractivity contribution < 1.29 is 9.13 Å². The Morgan fingerprint density at radius 1 is 1.50 bits per heavy atom. The predicted molar refractivity (Wildman–Crippen MR) is 57.5 cm³/mol. The van der Waals surface area contributed by atoms with Crippen molar-refractivity contribution in [1.29, 1.82) is 0 Å². The maximum Gasteiger partial charge on any atom is 0.150 e. The Morgan fingerprint density at radius 3 is 2.67 bits per heavy atom. The van der Waals surface area contributed by atoms with Crippen molar-refractivity contribution in [1.82, 2.24) is 0 Å². The number of thioether (sulfide) groups is 1. The molecule has 1 nitrogen and oxygen atoms in total. The topological polar surface area (TPSA) is 9.23 Å². The summed E-state index contributed by atoms with van der Waals surface area (Å²) in [6.07, 6.45) is 1.84. The van der Waals surface area contributed by atoms with Crippen molar-refractivity contribution in [3.63, 3.8) is 0 Å². The highest BCUT2D eigenvalue weighted by Crippen LogP contribution is 2.28. The van der Waals surface area contributed by atoms with E-state index >= 15 is 0 Å². The molecular formula is C8H8FIOS. The molecule has 1 aromatic rings. The number of ether oxygens (including phenoxy) is 1. The highest BCUT2D eigenvalue weighted by molar-refractivity contribution is 14.1. The molecule has 0 radical (unpaired) electrons. The normalized spacial score (nSPS) is 10.0. The van der Waals surface area contributed by atoms with Crippen LogP contribution in [0.3, 0.4) is 0 Å². The molecule has 0 atom stereocenters. The summed E-state index contributed by atoms with van der Waals surface area (Å²) in [6.45, 7) is 0. The van der Waals surface area contributed by atoms with Crippen molar-refractivity contribution >= 4 is 34.4 Å². The summed E-state index contributed by atoms with van der Waals surface area (Å²) in [6, 6.07) is 3.37. The van der Waals surface area contributed by atoms with E-state index in [1.807, 2.05) is 28.8 Å². The van der Waals surface area contributed by atoms with Gasteiger partial charge in [0.1, 0.15) is 11.6 Å². The predicted octanol–water partition coefficient (Wildman–Crippen LogP) is 3.16. The van der Waals surface area contributed by atoms with Crippen molar-refractivity contribution in [2.75, 3.05) is 13.4 Å². The molecule has 0 aliphatic heterocycles. The van der Waals surface area contributed by atoms with E-state index in [0.717, 1.165) is 0 Å². The van der Waals surface area contributed by atoms with Gasteiger partial charge in [0.25, 0.3) is 0 Å². The van der Waals surface area contributed by atoms with Gasteiger partial charge >= 0.3 is 0 Å². The molecule has 4 heteroatoms. The number of halogens is 2. The zero-order valence-electron chi connectivity index (χ0n) is 6.73. The number of rotatable bonds is 2. The molecule has 66 valence electrons. The second kappa shape index (κ2) is 4.32. The summed E-state index contributed by atoms with van der Waals surface area (Å²) in [5, 5.41) is 0. The molecule has 0 aliphatic carbocycles. The lowest BCUT2D eigenvalue weighted by Gasteiger charge is -2.05. The van der Waals surface area contributed by atoms with Crippen molar-refractivity contribution in [2.24, 2.45) is 0 Å². The SMILES string of the molecule is COc1cc(I)c(F)c(SC)c1. The fourth-order valence-electron chi connectivity index (χ4n) is 0.807. The second-order valence-electron chi connectivity index (χ2n) is 2.13. The lowest BCUT2D eigenvalue weighted by Crippen LogP contribution is -1.89. The van der Waals surface area contributed by atoms with Crippen molar-refractivity contribution in [2.45, 2.75) is 4.90 Å². The first-order valence-corrected chi connectivity index (χ1v) is 5.56. The van der Waals surface area contributed by atoms with Crippen LogP contribution < -0.4 is 4.74 Å². The minimum absolute atomic E-state index is 0.163. The second-order valence-corrected chi connectivity index (χ2v) is 4.14. The van der Waals surface area contributed by atoms with Crippen LogP contribution in [0.2, 0.25) is 0 Å². The van der Waals surface area contributed by atoms with Crippen LogP contribution in [0.5, 0.6) is 5.75 Å². The van der Waals surface area contributed by atoms with Crippen LogP contribution in [0.4, 0.5) is 4.39 Å². The fourth-order valence-corrected chi connectivity index (χ4v) is 2.11. The van der Waals surface area contributed by atoms with Crippen LogP contribution in [-0.2, 0) is 0 Å². The molecule has 0 amide bonds. The molecule has 0 aromatic heterocycles. The number of hydrogen-bond donors (Lipinski definition) is 0. The van der Waals surface area contributed by atoms with E-state index in [1.165, 1.54) is 11.8 Å². The standard InChI is InChI=1S/C8H8FIOS/c1-11-5-3-6(10)8(9)7(4-5)12-2/h3-4H,1-2H3. The van der Waals surface area contributed by atoms with Gasteiger partial charge in [0.05, 0.1) is 10.7 Å². The summed E-state index contributed by atoms with van der Waals surface area (Å²) in [7, 11) is 1.58. The molecule has 0 heterocycles. The monoisotopic (exact) mass is 298 g/mol. The molecule has 12 heavy (non-hydrogen) atoms. The lowest BCUT2D eigenvalue weighted by atomic mass is 10.3. The molecule has 0 fully saturated rings. The Balaban J connectivity index is 3.19.